The molecule has 0 heterocycles. The predicted octanol–water partition coefficient (Wildman–Crippen LogP) is 2.24. The van der Waals surface area contributed by atoms with Gasteiger partial charge in [-0.3, -0.25) is 10.1 Å². The van der Waals surface area contributed by atoms with Crippen LogP contribution in [-0.2, 0) is 0 Å². The number of alkyl halides is 2. The van der Waals surface area contributed by atoms with Crippen molar-refractivity contribution in [2.24, 2.45) is 0 Å². The van der Waals surface area contributed by atoms with E-state index in [0.717, 1.165) is 6.07 Å². The van der Waals surface area contributed by atoms with E-state index in [1.54, 1.807) is 0 Å². The van der Waals surface area contributed by atoms with E-state index >= 15 is 0 Å². The van der Waals surface area contributed by atoms with Crippen LogP contribution < -0.4 is 4.74 Å². The first-order chi connectivity index (χ1) is 6.59. The molecule has 6 heteroatoms. The second-order valence-corrected chi connectivity index (χ2v) is 2.46. The Labute approximate surface area is 78.3 Å². The smallest absolute Gasteiger partial charge is 0.273 e. The maximum Gasteiger partial charge on any atom is 0.273 e. The Hall–Kier alpha value is -1.72. The van der Waals surface area contributed by atoms with Gasteiger partial charge in [0.05, 0.1) is 11.0 Å². The van der Waals surface area contributed by atoms with Crippen LogP contribution in [0.1, 0.15) is 0 Å². The number of nitro benzene ring substituents is 1. The van der Waals surface area contributed by atoms with Gasteiger partial charge in [-0.25, -0.2) is 8.78 Å². The highest BCUT2D eigenvalue weighted by atomic mass is 19.3. The number of ether oxygens (including phenoxy) is 1. The topological polar surface area (TPSA) is 52.4 Å². The molecule has 0 atom stereocenters. The third kappa shape index (κ3) is 2.96. The number of halogens is 2. The van der Waals surface area contributed by atoms with Crippen LogP contribution in [0.4, 0.5) is 14.5 Å². The van der Waals surface area contributed by atoms with E-state index in [1.165, 1.54) is 18.2 Å². The molecule has 1 rings (SSSR count). The van der Waals surface area contributed by atoms with Crippen LogP contribution in [0.25, 0.3) is 0 Å². The summed E-state index contributed by atoms with van der Waals surface area (Å²) in [7, 11) is 0. The molecule has 4 nitrogen and oxygen atoms in total. The first-order valence-electron chi connectivity index (χ1n) is 3.75. The molecule has 0 amide bonds. The van der Waals surface area contributed by atoms with Gasteiger partial charge in [0, 0.05) is 6.07 Å². The number of nitrogens with zero attached hydrogens (tertiary/aromatic N) is 1. The summed E-state index contributed by atoms with van der Waals surface area (Å²) in [6, 6.07) is 5.12. The van der Waals surface area contributed by atoms with Crippen LogP contribution in [0.15, 0.2) is 24.3 Å². The summed E-state index contributed by atoms with van der Waals surface area (Å²) in [5.74, 6) is 0.0690. The van der Waals surface area contributed by atoms with Gasteiger partial charge >= 0.3 is 0 Å². The quantitative estimate of drug-likeness (QED) is 0.557. The predicted molar refractivity (Wildman–Crippen MR) is 44.6 cm³/mol. The van der Waals surface area contributed by atoms with Gasteiger partial charge in [0.2, 0.25) is 0 Å². The van der Waals surface area contributed by atoms with E-state index in [4.69, 9.17) is 0 Å². The molecule has 76 valence electrons. The average Bonchev–Trinajstić information content (AvgIpc) is 2.15. The van der Waals surface area contributed by atoms with Crippen molar-refractivity contribution in [3.8, 4) is 5.75 Å². The fourth-order valence-electron chi connectivity index (χ4n) is 0.846. The van der Waals surface area contributed by atoms with Crippen LogP contribution in [0, 0.1) is 10.1 Å². The van der Waals surface area contributed by atoms with Gasteiger partial charge in [-0.15, -0.1) is 0 Å². The van der Waals surface area contributed by atoms with Crippen molar-refractivity contribution < 1.29 is 18.4 Å². The van der Waals surface area contributed by atoms with Gasteiger partial charge in [0.25, 0.3) is 12.1 Å². The normalized spacial score (nSPS) is 10.2. The minimum Gasteiger partial charge on any atom is -0.487 e. The summed E-state index contributed by atoms with van der Waals surface area (Å²) in [6.45, 7) is -0.763. The number of benzene rings is 1. The maximum absolute atomic E-state index is 11.7. The molecule has 0 radical (unpaired) electrons. The first kappa shape index (κ1) is 10.4. The largest absolute Gasteiger partial charge is 0.487 e. The highest BCUT2D eigenvalue weighted by Gasteiger charge is 2.08. The van der Waals surface area contributed by atoms with Gasteiger partial charge in [-0.2, -0.15) is 0 Å². The summed E-state index contributed by atoms with van der Waals surface area (Å²) in [4.78, 5) is 9.68. The van der Waals surface area contributed by atoms with Gasteiger partial charge in [0.15, 0.2) is 0 Å². The Morgan fingerprint density at radius 2 is 2.21 bits per heavy atom. The number of hydrogen-bond donors (Lipinski definition) is 0. The molecule has 0 aliphatic carbocycles. The highest BCUT2D eigenvalue weighted by molar-refractivity contribution is 5.37. The van der Waals surface area contributed by atoms with Crippen LogP contribution >= 0.6 is 0 Å². The number of nitro groups is 1. The molecule has 0 aliphatic rings. The fraction of sp³-hybridized carbons (Fsp3) is 0.250. The van der Waals surface area contributed by atoms with Crippen molar-refractivity contribution in [1.82, 2.24) is 0 Å². The van der Waals surface area contributed by atoms with Crippen molar-refractivity contribution in [2.45, 2.75) is 6.43 Å². The lowest BCUT2D eigenvalue weighted by Crippen LogP contribution is -2.06. The Kier molecular flexibility index (Phi) is 3.33. The van der Waals surface area contributed by atoms with E-state index < -0.39 is 18.0 Å². The zero-order chi connectivity index (χ0) is 10.6. The summed E-state index contributed by atoms with van der Waals surface area (Å²) in [5.41, 5.74) is -0.184. The Balaban J connectivity index is 2.69. The number of non-ortho nitro benzene ring substituents is 1. The second-order valence-electron chi connectivity index (χ2n) is 2.46. The zero-order valence-electron chi connectivity index (χ0n) is 7.02. The lowest BCUT2D eigenvalue weighted by molar-refractivity contribution is -0.384. The molecular formula is C8H7F2NO3. The van der Waals surface area contributed by atoms with Crippen molar-refractivity contribution in [3.05, 3.63) is 34.4 Å². The van der Waals surface area contributed by atoms with Crippen molar-refractivity contribution in [3.63, 3.8) is 0 Å². The highest BCUT2D eigenvalue weighted by Crippen LogP contribution is 2.19. The van der Waals surface area contributed by atoms with Crippen molar-refractivity contribution in [2.75, 3.05) is 6.61 Å². The standard InChI is InChI=1S/C8H7F2NO3/c9-8(10)5-14-7-3-1-2-6(4-7)11(12)13/h1-4,8H,5H2. The SMILES string of the molecule is O=[N+]([O-])c1cccc(OCC(F)F)c1. The van der Waals surface area contributed by atoms with Gasteiger partial charge in [0.1, 0.15) is 12.4 Å². The monoisotopic (exact) mass is 203 g/mol. The molecule has 0 unspecified atom stereocenters. The van der Waals surface area contributed by atoms with E-state index in [1.807, 2.05) is 0 Å². The molecule has 0 aliphatic heterocycles. The summed E-state index contributed by atoms with van der Waals surface area (Å²) < 4.78 is 28.0. The van der Waals surface area contributed by atoms with E-state index in [9.17, 15) is 18.9 Å². The van der Waals surface area contributed by atoms with E-state index in [0.29, 0.717) is 0 Å². The number of hydrogen-bond acceptors (Lipinski definition) is 3. The molecular weight excluding hydrogens is 196 g/mol. The van der Waals surface area contributed by atoms with Gasteiger partial charge in [-0.05, 0) is 6.07 Å². The first-order valence-corrected chi connectivity index (χ1v) is 3.75. The van der Waals surface area contributed by atoms with E-state index in [-0.39, 0.29) is 11.4 Å². The van der Waals surface area contributed by atoms with Crippen LogP contribution in [0.5, 0.6) is 5.75 Å². The molecule has 1 aromatic carbocycles. The fourth-order valence-corrected chi connectivity index (χ4v) is 0.846. The molecule has 0 N–H and O–H groups in total. The Bertz CT molecular complexity index is 330. The van der Waals surface area contributed by atoms with Crippen LogP contribution in [0.2, 0.25) is 0 Å². The minimum absolute atomic E-state index is 0.0690. The summed E-state index contributed by atoms with van der Waals surface area (Å²) in [6.07, 6.45) is -2.59. The Morgan fingerprint density at radius 1 is 1.50 bits per heavy atom. The maximum atomic E-state index is 11.7. The molecule has 14 heavy (non-hydrogen) atoms. The lowest BCUT2D eigenvalue weighted by Gasteiger charge is -2.03. The second kappa shape index (κ2) is 4.50. The third-order valence-electron chi connectivity index (χ3n) is 1.40. The third-order valence-corrected chi connectivity index (χ3v) is 1.40. The van der Waals surface area contributed by atoms with Gasteiger partial charge < -0.3 is 4.74 Å². The van der Waals surface area contributed by atoms with Crippen molar-refractivity contribution >= 4 is 5.69 Å². The summed E-state index contributed by atoms with van der Waals surface area (Å²) >= 11 is 0. The molecule has 0 spiro atoms. The molecule has 1 aromatic rings. The minimum atomic E-state index is -2.59. The Morgan fingerprint density at radius 3 is 2.79 bits per heavy atom. The van der Waals surface area contributed by atoms with E-state index in [2.05, 4.69) is 4.74 Å². The molecule has 0 saturated carbocycles. The van der Waals surface area contributed by atoms with Gasteiger partial charge in [-0.1, -0.05) is 6.07 Å². The molecule has 0 aromatic heterocycles. The molecule has 0 fully saturated rings. The average molecular weight is 203 g/mol. The van der Waals surface area contributed by atoms with Crippen molar-refractivity contribution in [1.29, 1.82) is 0 Å². The lowest BCUT2D eigenvalue weighted by atomic mass is 10.3. The summed E-state index contributed by atoms with van der Waals surface area (Å²) in [5, 5.41) is 10.3. The zero-order valence-corrected chi connectivity index (χ0v) is 7.02. The van der Waals surface area contributed by atoms with Crippen LogP contribution in [0.3, 0.4) is 0 Å². The molecule has 0 saturated heterocycles. The van der Waals surface area contributed by atoms with Crippen LogP contribution in [-0.4, -0.2) is 18.0 Å². The number of rotatable bonds is 4. The molecule has 0 bridgehead atoms.